The number of urea groups is 1. The maximum atomic E-state index is 13.8. The summed E-state index contributed by atoms with van der Waals surface area (Å²) >= 11 is 5.87. The molecule has 1 aromatic heterocycles. The number of H-pyrrole nitrogens is 1. The highest BCUT2D eigenvalue weighted by atomic mass is 35.5. The lowest BCUT2D eigenvalue weighted by Crippen LogP contribution is -2.42. The highest BCUT2D eigenvalue weighted by Crippen LogP contribution is 2.38. The van der Waals surface area contributed by atoms with E-state index in [0.29, 0.717) is 30.5 Å². The predicted molar refractivity (Wildman–Crippen MR) is 122 cm³/mol. The quantitative estimate of drug-likeness (QED) is 0.500. The number of aromatic nitrogens is 1. The molecule has 0 aliphatic heterocycles. The molecule has 0 bridgehead atoms. The first-order chi connectivity index (χ1) is 15.2. The molecule has 32 heavy (non-hydrogen) atoms. The molecule has 8 heteroatoms. The minimum absolute atomic E-state index is 0.0770. The fraction of sp³-hybridized carbons (Fsp3) is 0.333. The second kappa shape index (κ2) is 8.90. The Hall–Kier alpha value is -2.93. The van der Waals surface area contributed by atoms with Crippen molar-refractivity contribution < 1.29 is 13.6 Å². The molecule has 1 aliphatic rings. The van der Waals surface area contributed by atoms with Crippen LogP contribution in [-0.2, 0) is 6.42 Å². The number of nitrogens with one attached hydrogen (secondary N) is 2. The molecule has 0 saturated heterocycles. The molecular weight excluding hydrogens is 436 g/mol. The minimum atomic E-state index is -0.562. The van der Waals surface area contributed by atoms with Gasteiger partial charge in [0.25, 0.3) is 5.56 Å². The molecule has 0 fully saturated rings. The number of benzene rings is 2. The van der Waals surface area contributed by atoms with Gasteiger partial charge in [0.05, 0.1) is 16.5 Å². The third-order valence-electron chi connectivity index (χ3n) is 5.71. The summed E-state index contributed by atoms with van der Waals surface area (Å²) in [6.45, 7) is 4.49. The van der Waals surface area contributed by atoms with Gasteiger partial charge in [0.15, 0.2) is 0 Å². The number of halogens is 3. The molecule has 1 atom stereocenters. The average Bonchev–Trinajstić information content (AvgIpc) is 2.74. The van der Waals surface area contributed by atoms with Crippen LogP contribution in [0, 0.1) is 17.6 Å². The van der Waals surface area contributed by atoms with Crippen LogP contribution in [0.4, 0.5) is 19.3 Å². The number of aryl methyl sites for hydroxylation is 1. The van der Waals surface area contributed by atoms with E-state index in [0.717, 1.165) is 17.7 Å². The van der Waals surface area contributed by atoms with Crippen LogP contribution in [0.15, 0.2) is 41.2 Å². The van der Waals surface area contributed by atoms with Crippen molar-refractivity contribution in [3.05, 3.63) is 74.7 Å². The number of fused-ring (bicyclic) bond motifs is 3. The van der Waals surface area contributed by atoms with Gasteiger partial charge in [-0.1, -0.05) is 31.5 Å². The Morgan fingerprint density at radius 3 is 2.72 bits per heavy atom. The van der Waals surface area contributed by atoms with Crippen LogP contribution in [-0.4, -0.2) is 22.5 Å². The highest BCUT2D eigenvalue weighted by molar-refractivity contribution is 6.31. The van der Waals surface area contributed by atoms with Crippen LogP contribution in [0.3, 0.4) is 0 Å². The van der Waals surface area contributed by atoms with E-state index in [1.807, 2.05) is 13.8 Å². The molecule has 1 heterocycles. The maximum absolute atomic E-state index is 13.8. The van der Waals surface area contributed by atoms with Crippen LogP contribution < -0.4 is 10.9 Å². The van der Waals surface area contributed by atoms with E-state index >= 15 is 0 Å². The largest absolute Gasteiger partial charge is 0.325 e. The van der Waals surface area contributed by atoms with Crippen LogP contribution >= 0.6 is 11.6 Å². The van der Waals surface area contributed by atoms with Gasteiger partial charge in [-0.25, -0.2) is 13.6 Å². The molecule has 0 radical (unpaired) electrons. The number of carbonyl (C=O) groups is 1. The van der Waals surface area contributed by atoms with E-state index in [2.05, 4.69) is 10.3 Å². The predicted octanol–water partition coefficient (Wildman–Crippen LogP) is 6.03. The van der Waals surface area contributed by atoms with Crippen LogP contribution in [0.1, 0.15) is 44.0 Å². The van der Waals surface area contributed by atoms with E-state index in [1.54, 1.807) is 11.0 Å². The smallest absolute Gasteiger partial charge is 0.322 e. The summed E-state index contributed by atoms with van der Waals surface area (Å²) in [6, 6.07) is 7.55. The number of hydrogen-bond acceptors (Lipinski definition) is 2. The van der Waals surface area contributed by atoms with Gasteiger partial charge in [0.2, 0.25) is 0 Å². The van der Waals surface area contributed by atoms with Gasteiger partial charge in [0.1, 0.15) is 11.6 Å². The van der Waals surface area contributed by atoms with Gasteiger partial charge in [-0.05, 0) is 60.9 Å². The zero-order chi connectivity index (χ0) is 23.0. The first-order valence-corrected chi connectivity index (χ1v) is 11.0. The van der Waals surface area contributed by atoms with Crippen molar-refractivity contribution in [2.45, 2.75) is 39.2 Å². The molecule has 4 rings (SSSR count). The van der Waals surface area contributed by atoms with Crippen LogP contribution in [0.5, 0.6) is 0 Å². The normalized spacial score (nSPS) is 15.6. The Morgan fingerprint density at radius 2 is 2.00 bits per heavy atom. The Balaban J connectivity index is 1.77. The number of nitrogens with zero attached hydrogens (tertiary/aromatic N) is 1. The van der Waals surface area contributed by atoms with Crippen molar-refractivity contribution in [2.75, 3.05) is 11.9 Å². The van der Waals surface area contributed by atoms with Crippen molar-refractivity contribution in [3.63, 3.8) is 0 Å². The Morgan fingerprint density at radius 1 is 1.22 bits per heavy atom. The monoisotopic (exact) mass is 459 g/mol. The number of aromatic amines is 1. The Bertz CT molecular complexity index is 1240. The van der Waals surface area contributed by atoms with Gasteiger partial charge in [-0.3, -0.25) is 4.79 Å². The molecule has 2 N–H and O–H groups in total. The minimum Gasteiger partial charge on any atom is -0.325 e. The Kier molecular flexibility index (Phi) is 6.20. The van der Waals surface area contributed by atoms with Gasteiger partial charge in [0, 0.05) is 23.5 Å². The second-order valence-electron chi connectivity index (χ2n) is 8.55. The molecule has 2 aromatic carbocycles. The zero-order valence-electron chi connectivity index (χ0n) is 17.8. The van der Waals surface area contributed by atoms with E-state index in [1.165, 1.54) is 30.3 Å². The Labute approximate surface area is 189 Å². The zero-order valence-corrected chi connectivity index (χ0v) is 18.6. The van der Waals surface area contributed by atoms with Crippen molar-refractivity contribution in [3.8, 4) is 0 Å². The van der Waals surface area contributed by atoms with Gasteiger partial charge in [-0.2, -0.15) is 0 Å². The number of amides is 2. The third kappa shape index (κ3) is 4.35. The van der Waals surface area contributed by atoms with Gasteiger partial charge < -0.3 is 15.2 Å². The molecular formula is C24H24ClF2N3O2. The summed E-state index contributed by atoms with van der Waals surface area (Å²) in [5, 5.41) is 3.66. The fourth-order valence-electron chi connectivity index (χ4n) is 4.39. The summed E-state index contributed by atoms with van der Waals surface area (Å²) in [4.78, 5) is 30.5. The van der Waals surface area contributed by atoms with E-state index in [-0.39, 0.29) is 34.0 Å². The molecule has 0 saturated carbocycles. The number of rotatable bonds is 4. The van der Waals surface area contributed by atoms with Crippen LogP contribution in [0.25, 0.3) is 10.8 Å². The molecule has 2 amide bonds. The van der Waals surface area contributed by atoms with Gasteiger partial charge >= 0.3 is 6.03 Å². The molecule has 1 aliphatic carbocycles. The summed E-state index contributed by atoms with van der Waals surface area (Å²) in [5.74, 6) is -0.873. The molecule has 5 nitrogen and oxygen atoms in total. The van der Waals surface area contributed by atoms with E-state index in [9.17, 15) is 18.4 Å². The number of carbonyl (C=O) groups excluding carboxylic acids is 1. The lowest BCUT2D eigenvalue weighted by molar-refractivity contribution is 0.170. The first-order valence-electron chi connectivity index (χ1n) is 10.6. The lowest BCUT2D eigenvalue weighted by Gasteiger charge is -2.37. The number of anilines is 1. The molecule has 0 unspecified atom stereocenters. The van der Waals surface area contributed by atoms with Gasteiger partial charge in [-0.15, -0.1) is 0 Å². The second-order valence-corrected chi connectivity index (χ2v) is 8.96. The van der Waals surface area contributed by atoms with E-state index < -0.39 is 11.6 Å². The third-order valence-corrected chi connectivity index (χ3v) is 6.00. The highest BCUT2D eigenvalue weighted by Gasteiger charge is 2.32. The lowest BCUT2D eigenvalue weighted by atomic mass is 9.86. The fourth-order valence-corrected chi connectivity index (χ4v) is 4.57. The topological polar surface area (TPSA) is 65.2 Å². The van der Waals surface area contributed by atoms with Crippen molar-refractivity contribution >= 4 is 34.1 Å². The molecule has 168 valence electrons. The van der Waals surface area contributed by atoms with Crippen molar-refractivity contribution in [1.82, 2.24) is 9.88 Å². The number of hydrogen-bond donors (Lipinski definition) is 2. The average molecular weight is 460 g/mol. The summed E-state index contributed by atoms with van der Waals surface area (Å²) in [5.41, 5.74) is 1.68. The SMILES string of the molecule is CC(C)CN(C(=O)Nc1ccc(F)c(Cl)c1)[C@@H]1CCCc2[nH]c(=O)c3cc(F)ccc3c21. The summed E-state index contributed by atoms with van der Waals surface area (Å²) in [6.07, 6.45) is 2.18. The standard InChI is InChI=1S/C24H24ClF2N3O2/c1-13(2)12-30(24(32)28-15-7-9-19(27)18(25)11-15)21-5-3-4-20-22(21)16-8-6-14(26)10-17(16)23(31)29-20/h6-11,13,21H,3-5,12H2,1-2H3,(H,28,32)(H,29,31)/t21-/m1/s1. The van der Waals surface area contributed by atoms with Crippen molar-refractivity contribution in [1.29, 1.82) is 0 Å². The summed E-state index contributed by atoms with van der Waals surface area (Å²) in [7, 11) is 0. The number of pyridine rings is 1. The van der Waals surface area contributed by atoms with E-state index in [4.69, 9.17) is 11.6 Å². The van der Waals surface area contributed by atoms with Crippen molar-refractivity contribution in [2.24, 2.45) is 5.92 Å². The molecule has 0 spiro atoms. The maximum Gasteiger partial charge on any atom is 0.322 e. The van der Waals surface area contributed by atoms with Crippen LogP contribution in [0.2, 0.25) is 5.02 Å². The first kappa shape index (κ1) is 22.3. The summed E-state index contributed by atoms with van der Waals surface area (Å²) < 4.78 is 27.4. The molecule has 3 aromatic rings.